The van der Waals surface area contributed by atoms with Crippen LogP contribution < -0.4 is 0 Å². The number of amides is 3. The van der Waals surface area contributed by atoms with Gasteiger partial charge in [0.25, 0.3) is 0 Å². The summed E-state index contributed by atoms with van der Waals surface area (Å²) >= 11 is 0. The number of nitrogens with zero attached hydrogens (tertiary/aromatic N) is 2. The molecule has 0 saturated carbocycles. The van der Waals surface area contributed by atoms with Gasteiger partial charge in [-0.3, -0.25) is 9.36 Å². The molecule has 0 aromatic heterocycles. The summed E-state index contributed by atoms with van der Waals surface area (Å²) in [5.41, 5.74) is 1.08. The molecule has 2 rings (SSSR count). The minimum atomic E-state index is -2.06. The predicted octanol–water partition coefficient (Wildman–Crippen LogP) is 4.63. The van der Waals surface area contributed by atoms with E-state index < -0.39 is 8.24 Å². The number of benzene rings is 1. The molecule has 0 N–H and O–H groups in total. The van der Waals surface area contributed by atoms with Crippen molar-refractivity contribution in [1.82, 2.24) is 9.47 Å². The minimum absolute atomic E-state index is 0.0259. The fraction of sp³-hybridized carbons (Fsp3) is 0.579. The SMILES string of the molecule is CCC[Si](CCC)(CCC)N1C(=O)CN(Cc2ccccc2)C1=O. The average molecular weight is 347 g/mol. The molecule has 1 saturated heterocycles. The lowest BCUT2D eigenvalue weighted by Gasteiger charge is -2.38. The molecule has 1 aromatic carbocycles. The Hall–Kier alpha value is -1.62. The first-order chi connectivity index (χ1) is 11.6. The van der Waals surface area contributed by atoms with E-state index in [0.29, 0.717) is 6.54 Å². The minimum Gasteiger partial charge on any atom is -0.311 e. The van der Waals surface area contributed by atoms with Gasteiger partial charge in [-0.1, -0.05) is 70.4 Å². The first-order valence-electron chi connectivity index (χ1n) is 9.23. The summed E-state index contributed by atoms with van der Waals surface area (Å²) in [5.74, 6) is 0.0259. The number of carbonyl (C=O) groups excluding carboxylic acids is 2. The van der Waals surface area contributed by atoms with Gasteiger partial charge in [-0.25, -0.2) is 4.79 Å². The monoisotopic (exact) mass is 346 g/mol. The van der Waals surface area contributed by atoms with Gasteiger partial charge in [0, 0.05) is 6.54 Å². The molecule has 0 radical (unpaired) electrons. The van der Waals surface area contributed by atoms with Gasteiger partial charge in [0.2, 0.25) is 5.91 Å². The largest absolute Gasteiger partial charge is 0.319 e. The zero-order valence-electron chi connectivity index (χ0n) is 15.3. The molecule has 1 fully saturated rings. The van der Waals surface area contributed by atoms with E-state index in [-0.39, 0.29) is 18.5 Å². The number of rotatable bonds is 9. The second-order valence-corrected chi connectivity index (χ2v) is 11.2. The maximum atomic E-state index is 13.1. The summed E-state index contributed by atoms with van der Waals surface area (Å²) in [6, 6.07) is 13.0. The summed E-state index contributed by atoms with van der Waals surface area (Å²) in [7, 11) is -2.06. The van der Waals surface area contributed by atoms with Crippen molar-refractivity contribution in [1.29, 1.82) is 0 Å². The van der Waals surface area contributed by atoms with Crippen LogP contribution in [0.15, 0.2) is 30.3 Å². The third-order valence-electron chi connectivity index (χ3n) is 4.87. The Balaban J connectivity index is 2.24. The van der Waals surface area contributed by atoms with Gasteiger partial charge in [0.05, 0.1) is 0 Å². The van der Waals surface area contributed by atoms with E-state index in [1.54, 1.807) is 9.47 Å². The van der Waals surface area contributed by atoms with Crippen molar-refractivity contribution >= 4 is 20.2 Å². The van der Waals surface area contributed by atoms with Crippen LogP contribution in [0.4, 0.5) is 4.79 Å². The number of imide groups is 1. The van der Waals surface area contributed by atoms with E-state index in [4.69, 9.17) is 0 Å². The molecule has 3 amide bonds. The molecule has 1 aliphatic rings. The number of carbonyl (C=O) groups is 2. The normalized spacial score (nSPS) is 15.5. The van der Waals surface area contributed by atoms with Crippen molar-refractivity contribution in [2.45, 2.75) is 64.7 Å². The Morgan fingerprint density at radius 2 is 1.46 bits per heavy atom. The van der Waals surface area contributed by atoms with Crippen LogP contribution in [0.2, 0.25) is 18.1 Å². The van der Waals surface area contributed by atoms with Crippen LogP contribution in [0.5, 0.6) is 0 Å². The van der Waals surface area contributed by atoms with Crippen molar-refractivity contribution in [3.63, 3.8) is 0 Å². The molecule has 1 aromatic rings. The van der Waals surface area contributed by atoms with Crippen LogP contribution in [0.25, 0.3) is 0 Å². The second-order valence-electron chi connectivity index (χ2n) is 6.83. The highest BCUT2D eigenvalue weighted by Crippen LogP contribution is 2.33. The van der Waals surface area contributed by atoms with Gasteiger partial charge in [0.1, 0.15) is 6.54 Å². The zero-order valence-corrected chi connectivity index (χ0v) is 16.3. The van der Waals surface area contributed by atoms with E-state index in [0.717, 1.165) is 43.0 Å². The standard InChI is InChI=1S/C19H30N2O2Si/c1-4-12-24(13-5-2,14-6-3)21-18(22)16-20(19(21)23)15-17-10-8-7-9-11-17/h7-11H,4-6,12-16H2,1-3H3. The third kappa shape index (κ3) is 3.89. The Bertz CT molecular complexity index is 545. The van der Waals surface area contributed by atoms with Crippen LogP contribution in [-0.2, 0) is 11.3 Å². The molecule has 1 heterocycles. The van der Waals surface area contributed by atoms with Crippen LogP contribution >= 0.6 is 0 Å². The summed E-state index contributed by atoms with van der Waals surface area (Å²) in [4.78, 5) is 27.5. The van der Waals surface area contributed by atoms with Crippen LogP contribution in [-0.4, -0.2) is 36.2 Å². The predicted molar refractivity (Wildman–Crippen MR) is 100 cm³/mol. The molecule has 0 bridgehead atoms. The first-order valence-corrected chi connectivity index (χ1v) is 11.8. The maximum absolute atomic E-state index is 13.1. The van der Waals surface area contributed by atoms with Gasteiger partial charge in [-0.05, 0) is 23.7 Å². The lowest BCUT2D eigenvalue weighted by atomic mass is 10.2. The van der Waals surface area contributed by atoms with Crippen molar-refractivity contribution in [2.75, 3.05) is 6.54 Å². The Morgan fingerprint density at radius 1 is 0.917 bits per heavy atom. The van der Waals surface area contributed by atoms with Gasteiger partial charge >= 0.3 is 6.03 Å². The Morgan fingerprint density at radius 3 is 1.96 bits per heavy atom. The molecule has 1 aliphatic heterocycles. The van der Waals surface area contributed by atoms with Crippen LogP contribution in [0.1, 0.15) is 45.6 Å². The second kappa shape index (κ2) is 8.47. The molecule has 0 aliphatic carbocycles. The van der Waals surface area contributed by atoms with Crippen molar-refractivity contribution < 1.29 is 9.59 Å². The summed E-state index contributed by atoms with van der Waals surface area (Å²) < 4.78 is 1.74. The fourth-order valence-corrected chi connectivity index (χ4v) is 9.41. The van der Waals surface area contributed by atoms with Gasteiger partial charge < -0.3 is 4.90 Å². The van der Waals surface area contributed by atoms with Crippen molar-refractivity contribution in [2.24, 2.45) is 0 Å². The lowest BCUT2D eigenvalue weighted by Crippen LogP contribution is -2.56. The van der Waals surface area contributed by atoms with Crippen molar-refractivity contribution in [3.8, 4) is 0 Å². The van der Waals surface area contributed by atoms with Crippen molar-refractivity contribution in [3.05, 3.63) is 35.9 Å². The Labute approximate surface area is 146 Å². The zero-order chi connectivity index (χ0) is 17.6. The van der Waals surface area contributed by atoms with E-state index in [9.17, 15) is 9.59 Å². The molecule has 0 atom stereocenters. The highest BCUT2D eigenvalue weighted by atomic mass is 28.3. The maximum Gasteiger partial charge on any atom is 0.319 e. The molecule has 24 heavy (non-hydrogen) atoms. The molecular formula is C19H30N2O2Si. The van der Waals surface area contributed by atoms with Crippen LogP contribution in [0, 0.1) is 0 Å². The van der Waals surface area contributed by atoms with E-state index in [1.807, 2.05) is 30.3 Å². The summed E-state index contributed by atoms with van der Waals surface area (Å²) in [6.45, 7) is 7.26. The van der Waals surface area contributed by atoms with E-state index >= 15 is 0 Å². The summed E-state index contributed by atoms with van der Waals surface area (Å²) in [5, 5.41) is 0. The highest BCUT2D eigenvalue weighted by molar-refractivity contribution is 6.81. The van der Waals surface area contributed by atoms with E-state index in [2.05, 4.69) is 20.8 Å². The number of urea groups is 1. The topological polar surface area (TPSA) is 40.6 Å². The number of hydrogen-bond acceptors (Lipinski definition) is 2. The van der Waals surface area contributed by atoms with E-state index in [1.165, 1.54) is 0 Å². The molecular weight excluding hydrogens is 316 g/mol. The lowest BCUT2D eigenvalue weighted by molar-refractivity contribution is -0.122. The molecule has 4 nitrogen and oxygen atoms in total. The van der Waals surface area contributed by atoms with Gasteiger partial charge in [-0.2, -0.15) is 0 Å². The molecule has 0 unspecified atom stereocenters. The number of hydrogen-bond donors (Lipinski definition) is 0. The highest BCUT2D eigenvalue weighted by Gasteiger charge is 2.49. The summed E-state index contributed by atoms with van der Waals surface area (Å²) in [6.07, 6.45) is 3.13. The quantitative estimate of drug-likeness (QED) is 0.483. The molecule has 5 heteroatoms. The Kier molecular flexibility index (Phi) is 6.60. The average Bonchev–Trinajstić information content (AvgIpc) is 2.83. The van der Waals surface area contributed by atoms with Gasteiger partial charge in [0.15, 0.2) is 8.24 Å². The van der Waals surface area contributed by atoms with Crippen LogP contribution in [0.3, 0.4) is 0 Å². The van der Waals surface area contributed by atoms with Gasteiger partial charge in [-0.15, -0.1) is 0 Å². The third-order valence-corrected chi connectivity index (χ3v) is 10.6. The molecule has 132 valence electrons. The fourth-order valence-electron chi connectivity index (χ4n) is 4.05. The first kappa shape index (κ1) is 18.7. The smallest absolute Gasteiger partial charge is 0.311 e. The molecule has 0 spiro atoms.